The second-order valence-electron chi connectivity index (χ2n) is 6.46. The van der Waals surface area contributed by atoms with Gasteiger partial charge in [-0.15, -0.1) is 0 Å². The average Bonchev–Trinajstić information content (AvgIpc) is 2.57. The molecule has 1 aromatic rings. The van der Waals surface area contributed by atoms with Gasteiger partial charge in [-0.2, -0.15) is 0 Å². The molecule has 5 heteroatoms. The molecule has 0 spiro atoms. The van der Waals surface area contributed by atoms with Crippen LogP contribution in [-0.4, -0.2) is 56.0 Å². The SMILES string of the molecule is CCN(CC)C[C@@H](O)COc1ccc(CNCC(C)C)cc1OC. The van der Waals surface area contributed by atoms with Crippen LogP contribution >= 0.6 is 0 Å². The van der Waals surface area contributed by atoms with Crippen molar-refractivity contribution in [2.24, 2.45) is 5.92 Å². The van der Waals surface area contributed by atoms with Gasteiger partial charge in [0.05, 0.1) is 7.11 Å². The van der Waals surface area contributed by atoms with Crippen molar-refractivity contribution in [3.8, 4) is 11.5 Å². The van der Waals surface area contributed by atoms with E-state index in [1.807, 2.05) is 18.2 Å². The molecule has 1 atom stereocenters. The van der Waals surface area contributed by atoms with Crippen LogP contribution in [0.1, 0.15) is 33.3 Å². The van der Waals surface area contributed by atoms with Gasteiger partial charge in [-0.1, -0.05) is 33.8 Å². The van der Waals surface area contributed by atoms with E-state index in [1.54, 1.807) is 7.11 Å². The number of nitrogens with one attached hydrogen (secondary N) is 1. The standard InChI is InChI=1S/C19H34N2O3/c1-6-21(7-2)13-17(22)14-24-18-9-8-16(10-19(18)23-5)12-20-11-15(3)4/h8-10,15,17,20,22H,6-7,11-14H2,1-5H3/t17-/m1/s1. The Balaban J connectivity index is 2.55. The second-order valence-corrected chi connectivity index (χ2v) is 6.46. The van der Waals surface area contributed by atoms with Crippen molar-refractivity contribution in [2.75, 3.05) is 39.9 Å². The quantitative estimate of drug-likeness (QED) is 0.613. The highest BCUT2D eigenvalue weighted by Gasteiger charge is 2.12. The smallest absolute Gasteiger partial charge is 0.161 e. The maximum absolute atomic E-state index is 10.1. The van der Waals surface area contributed by atoms with E-state index in [1.165, 1.54) is 0 Å². The number of nitrogens with zero attached hydrogens (tertiary/aromatic N) is 1. The molecule has 0 aromatic heterocycles. The zero-order valence-corrected chi connectivity index (χ0v) is 15.8. The van der Waals surface area contributed by atoms with Crippen molar-refractivity contribution < 1.29 is 14.6 Å². The van der Waals surface area contributed by atoms with Crippen LogP contribution in [0.25, 0.3) is 0 Å². The Morgan fingerprint density at radius 3 is 2.46 bits per heavy atom. The van der Waals surface area contributed by atoms with Crippen LogP contribution in [0, 0.1) is 5.92 Å². The minimum atomic E-state index is -0.512. The average molecular weight is 338 g/mol. The van der Waals surface area contributed by atoms with E-state index < -0.39 is 6.10 Å². The van der Waals surface area contributed by atoms with E-state index in [0.717, 1.165) is 31.7 Å². The van der Waals surface area contributed by atoms with Gasteiger partial charge < -0.3 is 24.8 Å². The zero-order chi connectivity index (χ0) is 17.9. The number of rotatable bonds is 12. The van der Waals surface area contributed by atoms with Crippen molar-refractivity contribution in [1.82, 2.24) is 10.2 Å². The summed E-state index contributed by atoms with van der Waals surface area (Å²) in [4.78, 5) is 2.18. The molecule has 0 saturated carbocycles. The van der Waals surface area contributed by atoms with Crippen molar-refractivity contribution in [1.29, 1.82) is 0 Å². The number of aliphatic hydroxyl groups excluding tert-OH is 1. The third kappa shape index (κ3) is 7.51. The largest absolute Gasteiger partial charge is 0.493 e. The fourth-order valence-electron chi connectivity index (χ4n) is 2.46. The molecular formula is C19H34N2O3. The number of hydrogen-bond donors (Lipinski definition) is 2. The lowest BCUT2D eigenvalue weighted by Gasteiger charge is -2.22. The van der Waals surface area contributed by atoms with Crippen LogP contribution in [0.15, 0.2) is 18.2 Å². The van der Waals surface area contributed by atoms with Gasteiger partial charge in [-0.05, 0) is 43.2 Å². The van der Waals surface area contributed by atoms with Crippen LogP contribution < -0.4 is 14.8 Å². The van der Waals surface area contributed by atoms with E-state index in [4.69, 9.17) is 9.47 Å². The summed E-state index contributed by atoms with van der Waals surface area (Å²) in [5.74, 6) is 2.00. The van der Waals surface area contributed by atoms with E-state index in [2.05, 4.69) is 37.9 Å². The van der Waals surface area contributed by atoms with Crippen LogP contribution in [0.5, 0.6) is 11.5 Å². The van der Waals surface area contributed by atoms with Crippen molar-refractivity contribution in [3.05, 3.63) is 23.8 Å². The number of benzene rings is 1. The first-order valence-corrected chi connectivity index (χ1v) is 8.90. The number of hydrogen-bond acceptors (Lipinski definition) is 5. The maximum atomic E-state index is 10.1. The van der Waals surface area contributed by atoms with Crippen molar-refractivity contribution in [3.63, 3.8) is 0 Å². The Morgan fingerprint density at radius 1 is 1.17 bits per heavy atom. The van der Waals surface area contributed by atoms with Crippen LogP contribution in [-0.2, 0) is 6.54 Å². The number of aliphatic hydroxyl groups is 1. The van der Waals surface area contributed by atoms with Gasteiger partial charge in [-0.3, -0.25) is 0 Å². The summed E-state index contributed by atoms with van der Waals surface area (Å²) < 4.78 is 11.2. The minimum Gasteiger partial charge on any atom is -0.493 e. The van der Waals surface area contributed by atoms with Crippen LogP contribution in [0.2, 0.25) is 0 Å². The zero-order valence-electron chi connectivity index (χ0n) is 15.8. The Kier molecular flexibility index (Phi) is 9.76. The molecular weight excluding hydrogens is 304 g/mol. The molecule has 1 aromatic carbocycles. The topological polar surface area (TPSA) is 54.0 Å². The van der Waals surface area contributed by atoms with E-state index >= 15 is 0 Å². The first-order valence-electron chi connectivity index (χ1n) is 8.90. The lowest BCUT2D eigenvalue weighted by atomic mass is 10.2. The Hall–Kier alpha value is -1.30. The molecule has 0 radical (unpaired) electrons. The van der Waals surface area contributed by atoms with Gasteiger partial charge in [0.15, 0.2) is 11.5 Å². The van der Waals surface area contributed by atoms with E-state index in [9.17, 15) is 5.11 Å². The Bertz CT molecular complexity index is 462. The maximum Gasteiger partial charge on any atom is 0.161 e. The molecule has 0 aliphatic carbocycles. The number of ether oxygens (including phenoxy) is 2. The summed E-state index contributed by atoms with van der Waals surface area (Å²) >= 11 is 0. The van der Waals surface area contributed by atoms with Gasteiger partial charge in [0.1, 0.15) is 12.7 Å². The molecule has 2 N–H and O–H groups in total. The Labute approximate surface area is 147 Å². The summed E-state index contributed by atoms with van der Waals surface area (Å²) in [5.41, 5.74) is 1.16. The molecule has 0 aliphatic rings. The number of likely N-dealkylation sites (N-methyl/N-ethyl adjacent to an activating group) is 1. The monoisotopic (exact) mass is 338 g/mol. The molecule has 0 saturated heterocycles. The lowest BCUT2D eigenvalue weighted by molar-refractivity contribution is 0.0705. The van der Waals surface area contributed by atoms with Crippen LogP contribution in [0.3, 0.4) is 0 Å². The molecule has 0 heterocycles. The number of methoxy groups -OCH3 is 1. The molecule has 138 valence electrons. The molecule has 0 aliphatic heterocycles. The normalized spacial score (nSPS) is 12.7. The summed E-state index contributed by atoms with van der Waals surface area (Å²) in [6.07, 6.45) is -0.512. The molecule has 1 rings (SSSR count). The summed E-state index contributed by atoms with van der Waals surface area (Å²) in [6.45, 7) is 13.1. The van der Waals surface area contributed by atoms with Gasteiger partial charge in [0.25, 0.3) is 0 Å². The molecule has 0 bridgehead atoms. The highest BCUT2D eigenvalue weighted by molar-refractivity contribution is 5.43. The minimum absolute atomic E-state index is 0.262. The van der Waals surface area contributed by atoms with E-state index in [0.29, 0.717) is 24.0 Å². The van der Waals surface area contributed by atoms with Gasteiger partial charge in [0, 0.05) is 13.1 Å². The van der Waals surface area contributed by atoms with Crippen LogP contribution in [0.4, 0.5) is 0 Å². The predicted molar refractivity (Wildman–Crippen MR) is 98.8 cm³/mol. The first kappa shape index (κ1) is 20.7. The highest BCUT2D eigenvalue weighted by atomic mass is 16.5. The fourth-order valence-corrected chi connectivity index (χ4v) is 2.46. The summed E-state index contributed by atoms with van der Waals surface area (Å²) in [6, 6.07) is 5.93. The fraction of sp³-hybridized carbons (Fsp3) is 0.684. The van der Waals surface area contributed by atoms with Gasteiger partial charge in [-0.25, -0.2) is 0 Å². The third-order valence-corrected chi connectivity index (χ3v) is 3.90. The first-order chi connectivity index (χ1) is 11.5. The van der Waals surface area contributed by atoms with Gasteiger partial charge >= 0.3 is 0 Å². The molecule has 24 heavy (non-hydrogen) atoms. The van der Waals surface area contributed by atoms with E-state index in [-0.39, 0.29) is 6.61 Å². The predicted octanol–water partition coefficient (Wildman–Crippen LogP) is 2.52. The third-order valence-electron chi connectivity index (χ3n) is 3.90. The Morgan fingerprint density at radius 2 is 1.88 bits per heavy atom. The second kappa shape index (κ2) is 11.3. The molecule has 0 fully saturated rings. The van der Waals surface area contributed by atoms with Crippen molar-refractivity contribution >= 4 is 0 Å². The lowest BCUT2D eigenvalue weighted by Crippen LogP contribution is -2.35. The molecule has 5 nitrogen and oxygen atoms in total. The summed E-state index contributed by atoms with van der Waals surface area (Å²) in [5, 5.41) is 13.5. The summed E-state index contributed by atoms with van der Waals surface area (Å²) in [7, 11) is 1.64. The molecule has 0 unspecified atom stereocenters. The highest BCUT2D eigenvalue weighted by Crippen LogP contribution is 2.28. The molecule has 0 amide bonds. The van der Waals surface area contributed by atoms with Gasteiger partial charge in [0.2, 0.25) is 0 Å². The van der Waals surface area contributed by atoms with Crippen molar-refractivity contribution in [2.45, 2.75) is 40.3 Å².